The summed E-state index contributed by atoms with van der Waals surface area (Å²) in [6, 6.07) is 14.8. The number of benzene rings is 2. The van der Waals surface area contributed by atoms with Crippen molar-refractivity contribution in [1.29, 1.82) is 0 Å². The summed E-state index contributed by atoms with van der Waals surface area (Å²) in [7, 11) is 1.60. The number of methoxy groups -OCH3 is 1. The maximum Gasteiger partial charge on any atom is 0.166 e. The summed E-state index contributed by atoms with van der Waals surface area (Å²) >= 11 is 0. The van der Waals surface area contributed by atoms with Gasteiger partial charge in [-0.25, -0.2) is 0 Å². The molecule has 1 N–H and O–H groups in total. The largest absolute Gasteiger partial charge is 0.497 e. The molecule has 2 aromatic carbocycles. The summed E-state index contributed by atoms with van der Waals surface area (Å²) in [4.78, 5) is 25.8. The Balaban J connectivity index is 1.73. The van der Waals surface area contributed by atoms with Crippen LogP contribution < -0.4 is 4.74 Å². The van der Waals surface area contributed by atoms with Crippen LogP contribution in [0.1, 0.15) is 42.4 Å². The molecule has 1 saturated carbocycles. The quantitative estimate of drug-likeness (QED) is 0.454. The molecule has 1 aliphatic rings. The van der Waals surface area contributed by atoms with E-state index in [2.05, 4.69) is 0 Å². The number of carbonyl (C=O) groups is 2. The molecule has 0 aliphatic heterocycles. The van der Waals surface area contributed by atoms with Crippen molar-refractivity contribution >= 4 is 23.7 Å². The fourth-order valence-electron chi connectivity index (χ4n) is 3.56. The van der Waals surface area contributed by atoms with Crippen molar-refractivity contribution < 1.29 is 19.4 Å². The van der Waals surface area contributed by atoms with Gasteiger partial charge in [0.25, 0.3) is 0 Å². The highest BCUT2D eigenvalue weighted by atomic mass is 16.5. The van der Waals surface area contributed by atoms with Gasteiger partial charge >= 0.3 is 0 Å². The molecule has 0 amide bonds. The molecule has 0 spiro atoms. The highest BCUT2D eigenvalue weighted by molar-refractivity contribution is 6.13. The average molecular weight is 405 g/mol. The van der Waals surface area contributed by atoms with Gasteiger partial charge in [0, 0.05) is 0 Å². The van der Waals surface area contributed by atoms with E-state index < -0.39 is 5.92 Å². The maximum atomic E-state index is 12.9. The van der Waals surface area contributed by atoms with Gasteiger partial charge in [-0.05, 0) is 59.4 Å². The average Bonchev–Trinajstić information content (AvgIpc) is 2.75. The van der Waals surface area contributed by atoms with Crippen molar-refractivity contribution in [2.24, 2.45) is 11.8 Å². The second-order valence-corrected chi connectivity index (χ2v) is 7.74. The topological polar surface area (TPSA) is 63.6 Å². The predicted octanol–water partition coefficient (Wildman–Crippen LogP) is 4.86. The highest BCUT2D eigenvalue weighted by Crippen LogP contribution is 2.33. The maximum absolute atomic E-state index is 12.9. The van der Waals surface area contributed by atoms with Gasteiger partial charge in [-0.1, -0.05) is 61.7 Å². The van der Waals surface area contributed by atoms with Crippen molar-refractivity contribution in [3.05, 3.63) is 77.4 Å². The molecule has 3 rings (SSSR count). The Morgan fingerprint density at radius 1 is 1.03 bits per heavy atom. The lowest BCUT2D eigenvalue weighted by Gasteiger charge is -2.27. The van der Waals surface area contributed by atoms with Gasteiger partial charge < -0.3 is 9.84 Å². The standard InChI is InChI=1S/C26H28O4/c1-30-23-10-4-8-21(16-23)12-14-26(29)24(17-19-5-2-6-19)25(28)13-11-20-7-3-9-22(15-20)18-27/h3-4,7-16,19,24,27H,2,5-6,17-18H2,1H3/b13-11+,14-12+. The lowest BCUT2D eigenvalue weighted by atomic mass is 9.76. The molecule has 4 nitrogen and oxygen atoms in total. The molecule has 30 heavy (non-hydrogen) atoms. The number of hydrogen-bond donors (Lipinski definition) is 1. The van der Waals surface area contributed by atoms with Crippen LogP contribution >= 0.6 is 0 Å². The zero-order valence-electron chi connectivity index (χ0n) is 17.3. The van der Waals surface area contributed by atoms with E-state index in [0.29, 0.717) is 12.3 Å². The van der Waals surface area contributed by atoms with E-state index in [1.807, 2.05) is 48.5 Å². The van der Waals surface area contributed by atoms with E-state index >= 15 is 0 Å². The van der Waals surface area contributed by atoms with E-state index in [1.54, 1.807) is 19.3 Å². The predicted molar refractivity (Wildman–Crippen MR) is 119 cm³/mol. The first-order valence-corrected chi connectivity index (χ1v) is 10.4. The van der Waals surface area contributed by atoms with E-state index in [9.17, 15) is 14.7 Å². The number of aliphatic hydroxyl groups excluding tert-OH is 1. The number of rotatable bonds is 10. The molecule has 4 heteroatoms. The number of ketones is 2. The summed E-state index contributed by atoms with van der Waals surface area (Å²) < 4.78 is 5.21. The van der Waals surface area contributed by atoms with Gasteiger partial charge in [0.2, 0.25) is 0 Å². The molecule has 1 atom stereocenters. The Bertz CT molecular complexity index is 868. The van der Waals surface area contributed by atoms with Crippen LogP contribution in [0.4, 0.5) is 0 Å². The summed E-state index contributed by atoms with van der Waals surface area (Å²) in [5, 5.41) is 9.27. The zero-order valence-corrected chi connectivity index (χ0v) is 17.3. The second kappa shape index (κ2) is 10.7. The van der Waals surface area contributed by atoms with Gasteiger partial charge in [-0.3, -0.25) is 9.59 Å². The van der Waals surface area contributed by atoms with Gasteiger partial charge in [0.15, 0.2) is 11.6 Å². The first-order chi connectivity index (χ1) is 14.6. The third-order valence-corrected chi connectivity index (χ3v) is 5.59. The van der Waals surface area contributed by atoms with Crippen LogP contribution in [-0.4, -0.2) is 23.8 Å². The third kappa shape index (κ3) is 6.01. The Kier molecular flexibility index (Phi) is 7.75. The molecule has 2 aromatic rings. The molecule has 0 heterocycles. The molecule has 0 radical (unpaired) electrons. The Hall–Kier alpha value is -2.98. The highest BCUT2D eigenvalue weighted by Gasteiger charge is 2.29. The molecule has 0 aromatic heterocycles. The van der Waals surface area contributed by atoms with Crippen LogP contribution in [0.2, 0.25) is 0 Å². The molecule has 0 saturated heterocycles. The van der Waals surface area contributed by atoms with Crippen LogP contribution in [0.25, 0.3) is 12.2 Å². The molecular formula is C26H28O4. The summed E-state index contributed by atoms with van der Waals surface area (Å²) in [6.07, 6.45) is 10.4. The number of hydrogen-bond acceptors (Lipinski definition) is 4. The van der Waals surface area contributed by atoms with Crippen LogP contribution in [0, 0.1) is 11.8 Å². The number of ether oxygens (including phenoxy) is 1. The van der Waals surface area contributed by atoms with Gasteiger partial charge in [-0.15, -0.1) is 0 Å². The van der Waals surface area contributed by atoms with E-state index in [0.717, 1.165) is 35.3 Å². The summed E-state index contributed by atoms with van der Waals surface area (Å²) in [5.74, 6) is 0.175. The fraction of sp³-hybridized carbons (Fsp3) is 0.308. The van der Waals surface area contributed by atoms with E-state index in [-0.39, 0.29) is 18.2 Å². The number of allylic oxidation sites excluding steroid dienone is 2. The van der Waals surface area contributed by atoms with Crippen molar-refractivity contribution in [2.45, 2.75) is 32.3 Å². The molecule has 156 valence electrons. The van der Waals surface area contributed by atoms with Gasteiger partial charge in [0.05, 0.1) is 19.6 Å². The molecule has 1 fully saturated rings. The first-order valence-electron chi connectivity index (χ1n) is 10.4. The molecular weight excluding hydrogens is 376 g/mol. The van der Waals surface area contributed by atoms with Crippen molar-refractivity contribution in [3.8, 4) is 5.75 Å². The van der Waals surface area contributed by atoms with E-state index in [4.69, 9.17) is 4.74 Å². The van der Waals surface area contributed by atoms with Crippen LogP contribution in [-0.2, 0) is 16.2 Å². The minimum atomic E-state index is -0.658. The first kappa shape index (κ1) is 21.7. The fourth-order valence-corrected chi connectivity index (χ4v) is 3.56. The van der Waals surface area contributed by atoms with Crippen molar-refractivity contribution in [1.82, 2.24) is 0 Å². The van der Waals surface area contributed by atoms with Crippen LogP contribution in [0.5, 0.6) is 5.75 Å². The van der Waals surface area contributed by atoms with Gasteiger partial charge in [-0.2, -0.15) is 0 Å². The summed E-state index contributed by atoms with van der Waals surface area (Å²) in [5.41, 5.74) is 2.47. The molecule has 0 bridgehead atoms. The SMILES string of the molecule is COc1cccc(/C=C/C(=O)C(CC2CCC2)C(=O)/C=C/c2cccc(CO)c2)c1. The molecule has 1 unspecified atom stereocenters. The minimum absolute atomic E-state index is 0.0481. The zero-order chi connectivity index (χ0) is 21.3. The Morgan fingerprint density at radius 3 is 2.23 bits per heavy atom. The lowest BCUT2D eigenvalue weighted by molar-refractivity contribution is -0.128. The smallest absolute Gasteiger partial charge is 0.166 e. The number of aliphatic hydroxyl groups is 1. The van der Waals surface area contributed by atoms with Crippen LogP contribution in [0.15, 0.2) is 60.7 Å². The van der Waals surface area contributed by atoms with Crippen LogP contribution in [0.3, 0.4) is 0 Å². The molecule has 1 aliphatic carbocycles. The Labute approximate surface area is 177 Å². The number of carbonyl (C=O) groups excluding carboxylic acids is 2. The van der Waals surface area contributed by atoms with Gasteiger partial charge in [0.1, 0.15) is 5.75 Å². The Morgan fingerprint density at radius 2 is 1.67 bits per heavy atom. The normalized spacial score (nSPS) is 15.3. The minimum Gasteiger partial charge on any atom is -0.497 e. The van der Waals surface area contributed by atoms with Crippen molar-refractivity contribution in [2.75, 3.05) is 7.11 Å². The second-order valence-electron chi connectivity index (χ2n) is 7.74. The third-order valence-electron chi connectivity index (χ3n) is 5.59. The van der Waals surface area contributed by atoms with E-state index in [1.165, 1.54) is 18.6 Å². The lowest BCUT2D eigenvalue weighted by Crippen LogP contribution is -2.26. The summed E-state index contributed by atoms with van der Waals surface area (Å²) in [6.45, 7) is -0.0481. The monoisotopic (exact) mass is 404 g/mol. The van der Waals surface area contributed by atoms with Crippen molar-refractivity contribution in [3.63, 3.8) is 0 Å².